The molecular weight excluding hydrogens is 200 g/mol. The SMILES string of the molecule is CNCc1cccn1CCn1ccnc1C. The molecule has 0 spiro atoms. The molecule has 0 aromatic carbocycles. The average molecular weight is 218 g/mol. The molecular formula is C12H18N4. The van der Waals surface area contributed by atoms with Crippen molar-refractivity contribution < 1.29 is 0 Å². The third-order valence-corrected chi connectivity index (χ3v) is 2.79. The van der Waals surface area contributed by atoms with Gasteiger partial charge in [-0.15, -0.1) is 0 Å². The number of aryl methyl sites for hydroxylation is 3. The summed E-state index contributed by atoms with van der Waals surface area (Å²) in [4.78, 5) is 4.22. The van der Waals surface area contributed by atoms with Crippen LogP contribution in [0.5, 0.6) is 0 Å². The predicted molar refractivity (Wildman–Crippen MR) is 64.2 cm³/mol. The maximum atomic E-state index is 4.22. The van der Waals surface area contributed by atoms with Crippen LogP contribution in [0.2, 0.25) is 0 Å². The quantitative estimate of drug-likeness (QED) is 0.823. The Labute approximate surface area is 95.9 Å². The Morgan fingerprint density at radius 2 is 2.06 bits per heavy atom. The summed E-state index contributed by atoms with van der Waals surface area (Å²) in [7, 11) is 1.97. The summed E-state index contributed by atoms with van der Waals surface area (Å²) in [6.07, 6.45) is 6.00. The highest BCUT2D eigenvalue weighted by molar-refractivity contribution is 5.06. The number of hydrogen-bond acceptors (Lipinski definition) is 2. The van der Waals surface area contributed by atoms with Crippen LogP contribution < -0.4 is 5.32 Å². The first-order valence-corrected chi connectivity index (χ1v) is 5.57. The second kappa shape index (κ2) is 4.99. The van der Waals surface area contributed by atoms with Crippen LogP contribution in [0.4, 0.5) is 0 Å². The minimum absolute atomic E-state index is 0.913. The van der Waals surface area contributed by atoms with E-state index in [1.54, 1.807) is 0 Å². The molecule has 16 heavy (non-hydrogen) atoms. The van der Waals surface area contributed by atoms with Gasteiger partial charge in [0.2, 0.25) is 0 Å². The topological polar surface area (TPSA) is 34.8 Å². The molecule has 4 nitrogen and oxygen atoms in total. The molecule has 2 aromatic heterocycles. The van der Waals surface area contributed by atoms with Crippen LogP contribution in [-0.4, -0.2) is 21.2 Å². The van der Waals surface area contributed by atoms with E-state index in [1.807, 2.05) is 26.4 Å². The lowest BCUT2D eigenvalue weighted by atomic mass is 10.4. The van der Waals surface area contributed by atoms with Gasteiger partial charge in [0.05, 0.1) is 0 Å². The van der Waals surface area contributed by atoms with E-state index in [2.05, 4.69) is 37.8 Å². The molecule has 0 saturated carbocycles. The largest absolute Gasteiger partial charge is 0.348 e. The van der Waals surface area contributed by atoms with Gasteiger partial charge in [-0.2, -0.15) is 0 Å². The third-order valence-electron chi connectivity index (χ3n) is 2.79. The van der Waals surface area contributed by atoms with E-state index in [0.29, 0.717) is 0 Å². The lowest BCUT2D eigenvalue weighted by molar-refractivity contribution is 0.548. The van der Waals surface area contributed by atoms with E-state index < -0.39 is 0 Å². The molecule has 0 radical (unpaired) electrons. The van der Waals surface area contributed by atoms with Crippen LogP contribution in [0, 0.1) is 6.92 Å². The zero-order valence-corrected chi connectivity index (χ0v) is 9.85. The third kappa shape index (κ3) is 2.33. The minimum Gasteiger partial charge on any atom is -0.348 e. The monoisotopic (exact) mass is 218 g/mol. The minimum atomic E-state index is 0.913. The Morgan fingerprint density at radius 1 is 1.25 bits per heavy atom. The summed E-state index contributed by atoms with van der Waals surface area (Å²) in [5.41, 5.74) is 1.32. The maximum Gasteiger partial charge on any atom is 0.105 e. The summed E-state index contributed by atoms with van der Waals surface area (Å²) >= 11 is 0. The highest BCUT2D eigenvalue weighted by atomic mass is 15.1. The maximum absolute atomic E-state index is 4.22. The van der Waals surface area contributed by atoms with E-state index in [1.165, 1.54) is 5.69 Å². The standard InChI is InChI=1S/C12H18N4/c1-11-14-5-7-15(11)8-9-16-6-3-4-12(16)10-13-2/h3-7,13H,8-10H2,1-2H3. The number of rotatable bonds is 5. The molecule has 0 saturated heterocycles. The molecule has 2 rings (SSSR count). The summed E-state index contributed by atoms with van der Waals surface area (Å²) in [5.74, 6) is 1.07. The Kier molecular flexibility index (Phi) is 3.41. The first kappa shape index (κ1) is 11.0. The van der Waals surface area contributed by atoms with E-state index >= 15 is 0 Å². The van der Waals surface area contributed by atoms with Gasteiger partial charge in [-0.3, -0.25) is 0 Å². The van der Waals surface area contributed by atoms with Crippen molar-refractivity contribution in [3.8, 4) is 0 Å². The molecule has 2 aromatic rings. The van der Waals surface area contributed by atoms with Gasteiger partial charge in [-0.25, -0.2) is 4.98 Å². The zero-order chi connectivity index (χ0) is 11.4. The van der Waals surface area contributed by atoms with Crippen molar-refractivity contribution in [3.63, 3.8) is 0 Å². The molecule has 0 atom stereocenters. The van der Waals surface area contributed by atoms with E-state index in [4.69, 9.17) is 0 Å². The van der Waals surface area contributed by atoms with Crippen molar-refractivity contribution in [2.45, 2.75) is 26.6 Å². The van der Waals surface area contributed by atoms with Crippen LogP contribution in [0.1, 0.15) is 11.5 Å². The van der Waals surface area contributed by atoms with Gasteiger partial charge >= 0.3 is 0 Å². The lowest BCUT2D eigenvalue weighted by Crippen LogP contribution is -2.13. The van der Waals surface area contributed by atoms with Crippen molar-refractivity contribution >= 4 is 0 Å². The zero-order valence-electron chi connectivity index (χ0n) is 9.85. The molecule has 2 heterocycles. The van der Waals surface area contributed by atoms with Crippen molar-refractivity contribution in [2.24, 2.45) is 0 Å². The molecule has 4 heteroatoms. The highest BCUT2D eigenvalue weighted by Gasteiger charge is 2.01. The molecule has 0 fully saturated rings. The smallest absolute Gasteiger partial charge is 0.105 e. The average Bonchev–Trinajstić information content (AvgIpc) is 2.86. The van der Waals surface area contributed by atoms with Crippen LogP contribution in [0.15, 0.2) is 30.7 Å². The lowest BCUT2D eigenvalue weighted by Gasteiger charge is -2.10. The van der Waals surface area contributed by atoms with Crippen molar-refractivity contribution in [1.29, 1.82) is 0 Å². The van der Waals surface area contributed by atoms with Crippen molar-refractivity contribution in [1.82, 2.24) is 19.4 Å². The van der Waals surface area contributed by atoms with E-state index in [9.17, 15) is 0 Å². The van der Waals surface area contributed by atoms with Gasteiger partial charge in [0.1, 0.15) is 5.82 Å². The van der Waals surface area contributed by atoms with Gasteiger partial charge in [0, 0.05) is 43.9 Å². The molecule has 0 unspecified atom stereocenters. The van der Waals surface area contributed by atoms with Crippen LogP contribution >= 0.6 is 0 Å². The van der Waals surface area contributed by atoms with E-state index in [0.717, 1.165) is 25.5 Å². The van der Waals surface area contributed by atoms with Crippen LogP contribution in [0.25, 0.3) is 0 Å². The summed E-state index contributed by atoms with van der Waals surface area (Å²) < 4.78 is 4.44. The van der Waals surface area contributed by atoms with Crippen molar-refractivity contribution in [2.75, 3.05) is 7.05 Å². The first-order chi connectivity index (χ1) is 7.81. The van der Waals surface area contributed by atoms with Gasteiger partial charge in [-0.1, -0.05) is 0 Å². The summed E-state index contributed by atoms with van der Waals surface area (Å²) in [6.45, 7) is 4.90. The molecule has 0 amide bonds. The Bertz CT molecular complexity index is 441. The second-order valence-electron chi connectivity index (χ2n) is 3.89. The van der Waals surface area contributed by atoms with E-state index in [-0.39, 0.29) is 0 Å². The Morgan fingerprint density at radius 3 is 2.75 bits per heavy atom. The molecule has 0 bridgehead atoms. The molecule has 86 valence electrons. The number of aromatic nitrogens is 3. The highest BCUT2D eigenvalue weighted by Crippen LogP contribution is 2.03. The van der Waals surface area contributed by atoms with Gasteiger partial charge < -0.3 is 14.5 Å². The number of nitrogens with one attached hydrogen (secondary N) is 1. The van der Waals surface area contributed by atoms with Crippen LogP contribution in [-0.2, 0) is 19.6 Å². The fourth-order valence-electron chi connectivity index (χ4n) is 1.86. The first-order valence-electron chi connectivity index (χ1n) is 5.57. The van der Waals surface area contributed by atoms with Gasteiger partial charge in [-0.05, 0) is 26.1 Å². The summed E-state index contributed by atoms with van der Waals surface area (Å²) in [5, 5.41) is 3.18. The Balaban J connectivity index is 1.99. The van der Waals surface area contributed by atoms with Crippen LogP contribution in [0.3, 0.4) is 0 Å². The van der Waals surface area contributed by atoms with Gasteiger partial charge in [0.25, 0.3) is 0 Å². The summed E-state index contributed by atoms with van der Waals surface area (Å²) in [6, 6.07) is 4.24. The number of nitrogens with zero attached hydrogens (tertiary/aromatic N) is 3. The molecule has 1 N–H and O–H groups in total. The predicted octanol–water partition coefficient (Wildman–Crippen LogP) is 1.41. The molecule has 0 aliphatic heterocycles. The fraction of sp³-hybridized carbons (Fsp3) is 0.417. The fourth-order valence-corrected chi connectivity index (χ4v) is 1.86. The Hall–Kier alpha value is -1.55. The van der Waals surface area contributed by atoms with Gasteiger partial charge in [0.15, 0.2) is 0 Å². The molecule has 0 aliphatic rings. The molecule has 0 aliphatic carbocycles. The number of imidazole rings is 1. The van der Waals surface area contributed by atoms with Crippen molar-refractivity contribution in [3.05, 3.63) is 42.2 Å². The number of hydrogen-bond donors (Lipinski definition) is 1. The second-order valence-corrected chi connectivity index (χ2v) is 3.89. The normalized spacial score (nSPS) is 10.9.